The van der Waals surface area contributed by atoms with Crippen LogP contribution < -0.4 is 5.32 Å². The van der Waals surface area contributed by atoms with E-state index in [9.17, 15) is 40.5 Å². The molecule has 0 aromatic carbocycles. The number of carbonyl (C=O) groups is 1. The quantitative estimate of drug-likeness (QED) is 0.0215. The van der Waals surface area contributed by atoms with E-state index in [1.54, 1.807) is 0 Å². The first-order chi connectivity index (χ1) is 35.7. The highest BCUT2D eigenvalue weighted by Gasteiger charge is 2.44. The van der Waals surface area contributed by atoms with Gasteiger partial charge in [0.15, 0.2) is 6.29 Å². The fourth-order valence-electron chi connectivity index (χ4n) is 10.1. The van der Waals surface area contributed by atoms with Gasteiger partial charge in [-0.25, -0.2) is 0 Å². The van der Waals surface area contributed by atoms with Crippen LogP contribution in [0.1, 0.15) is 296 Å². The molecule has 1 rings (SSSR count). The van der Waals surface area contributed by atoms with Crippen molar-refractivity contribution in [1.82, 2.24) is 5.32 Å². The van der Waals surface area contributed by atoms with E-state index in [2.05, 4.69) is 43.5 Å². The number of unbranched alkanes of at least 4 members (excludes halogenated alkanes) is 38. The molecule has 0 aromatic heterocycles. The zero-order valence-electron chi connectivity index (χ0n) is 47.4. The first kappa shape index (κ1) is 69.6. The first-order valence-electron chi connectivity index (χ1n) is 31.2. The zero-order chi connectivity index (χ0) is 53.3. The van der Waals surface area contributed by atoms with Crippen LogP contribution in [0.3, 0.4) is 0 Å². The number of amides is 1. The maximum absolute atomic E-state index is 13.2. The Bertz CT molecular complexity index is 1240. The summed E-state index contributed by atoms with van der Waals surface area (Å²) < 4.78 is 11.1. The topological polar surface area (TPSA) is 189 Å². The van der Waals surface area contributed by atoms with Crippen molar-refractivity contribution in [2.75, 3.05) is 13.2 Å². The summed E-state index contributed by atoms with van der Waals surface area (Å²) in [5, 5.41) is 76.1. The SMILES string of the molecule is CCCCCCCCCCCC/C=C/CCCC(O)C(O)C(COC1OC(CO)C(O)C(O)C1O)NC(=O)C(O)CCCCCCCCCCCCCCCCC/C=C\CCCCCCCCCCCCCC. The molecule has 1 amide bonds. The van der Waals surface area contributed by atoms with Crippen molar-refractivity contribution in [3.8, 4) is 0 Å². The van der Waals surface area contributed by atoms with Gasteiger partial charge in [-0.05, 0) is 64.2 Å². The summed E-state index contributed by atoms with van der Waals surface area (Å²) in [4.78, 5) is 13.2. The van der Waals surface area contributed by atoms with Crippen molar-refractivity contribution in [1.29, 1.82) is 0 Å². The van der Waals surface area contributed by atoms with Crippen LogP contribution in [0.5, 0.6) is 0 Å². The largest absolute Gasteiger partial charge is 0.394 e. The molecule has 9 unspecified atom stereocenters. The van der Waals surface area contributed by atoms with Crippen LogP contribution in [0.2, 0.25) is 0 Å². The monoisotopic (exact) mass is 1040 g/mol. The predicted octanol–water partition coefficient (Wildman–Crippen LogP) is 13.7. The van der Waals surface area contributed by atoms with Gasteiger partial charge in [0.2, 0.25) is 5.91 Å². The van der Waals surface area contributed by atoms with E-state index in [0.717, 1.165) is 38.5 Å². The lowest BCUT2D eigenvalue weighted by Crippen LogP contribution is -2.60. The minimum absolute atomic E-state index is 0.257. The van der Waals surface area contributed by atoms with Crippen molar-refractivity contribution in [2.45, 2.75) is 351 Å². The summed E-state index contributed by atoms with van der Waals surface area (Å²) in [6.07, 6.45) is 51.1. The summed E-state index contributed by atoms with van der Waals surface area (Å²) in [5.74, 6) is -0.702. The first-order valence-corrected chi connectivity index (χ1v) is 31.2. The second kappa shape index (κ2) is 51.4. The molecule has 0 bridgehead atoms. The van der Waals surface area contributed by atoms with Crippen LogP contribution in [0.25, 0.3) is 0 Å². The lowest BCUT2D eigenvalue weighted by atomic mass is 9.98. The smallest absolute Gasteiger partial charge is 0.249 e. The molecule has 1 aliphatic rings. The molecule has 0 spiro atoms. The third-order valence-electron chi connectivity index (χ3n) is 15.2. The Hall–Kier alpha value is -1.41. The number of rotatable bonds is 54. The molecular weight excluding hydrogens is 919 g/mol. The molecule has 11 heteroatoms. The average Bonchev–Trinajstić information content (AvgIpc) is 3.39. The van der Waals surface area contributed by atoms with Gasteiger partial charge in [0.25, 0.3) is 0 Å². The molecule has 432 valence electrons. The normalized spacial score (nSPS) is 20.0. The number of aliphatic hydroxyl groups is 7. The van der Waals surface area contributed by atoms with Crippen LogP contribution in [0.4, 0.5) is 0 Å². The maximum atomic E-state index is 13.2. The Balaban J connectivity index is 2.21. The van der Waals surface area contributed by atoms with Crippen LogP contribution in [-0.4, -0.2) is 110 Å². The van der Waals surface area contributed by atoms with E-state index in [-0.39, 0.29) is 12.8 Å². The third kappa shape index (κ3) is 39.6. The van der Waals surface area contributed by atoms with Gasteiger partial charge in [-0.15, -0.1) is 0 Å². The second-order valence-electron chi connectivity index (χ2n) is 22.1. The molecule has 1 fully saturated rings. The highest BCUT2D eigenvalue weighted by molar-refractivity contribution is 5.80. The van der Waals surface area contributed by atoms with Gasteiger partial charge >= 0.3 is 0 Å². The number of allylic oxidation sites excluding steroid dienone is 4. The Morgan fingerprint density at radius 2 is 0.808 bits per heavy atom. The Kier molecular flexibility index (Phi) is 49.0. The van der Waals surface area contributed by atoms with E-state index < -0.39 is 74.2 Å². The second-order valence-corrected chi connectivity index (χ2v) is 22.1. The van der Waals surface area contributed by atoms with Gasteiger partial charge in [0.1, 0.15) is 36.6 Å². The lowest BCUT2D eigenvalue weighted by molar-refractivity contribution is -0.303. The number of hydrogen-bond donors (Lipinski definition) is 8. The molecule has 1 saturated heterocycles. The Labute approximate surface area is 448 Å². The highest BCUT2D eigenvalue weighted by Crippen LogP contribution is 2.23. The molecule has 0 aliphatic carbocycles. The van der Waals surface area contributed by atoms with Gasteiger partial charge in [0.05, 0.1) is 25.4 Å². The summed E-state index contributed by atoms with van der Waals surface area (Å²) in [6.45, 7) is 3.47. The van der Waals surface area contributed by atoms with Gasteiger partial charge in [-0.2, -0.15) is 0 Å². The Morgan fingerprint density at radius 1 is 0.466 bits per heavy atom. The minimum atomic E-state index is -1.67. The summed E-state index contributed by atoms with van der Waals surface area (Å²) in [6, 6.07) is -1.18. The fraction of sp³-hybridized carbons (Fsp3) is 0.919. The van der Waals surface area contributed by atoms with Crippen molar-refractivity contribution in [3.05, 3.63) is 24.3 Å². The van der Waals surface area contributed by atoms with Gasteiger partial charge in [-0.3, -0.25) is 4.79 Å². The number of carbonyl (C=O) groups excluding carboxylic acids is 1. The average molecular weight is 1040 g/mol. The molecule has 9 atom stereocenters. The minimum Gasteiger partial charge on any atom is -0.394 e. The fourth-order valence-corrected chi connectivity index (χ4v) is 10.1. The molecule has 8 N–H and O–H groups in total. The number of ether oxygens (including phenoxy) is 2. The van der Waals surface area contributed by atoms with Crippen molar-refractivity contribution >= 4 is 5.91 Å². The maximum Gasteiger partial charge on any atom is 0.249 e. The number of hydrogen-bond acceptors (Lipinski definition) is 10. The summed E-state index contributed by atoms with van der Waals surface area (Å²) >= 11 is 0. The molecule has 1 aliphatic heterocycles. The zero-order valence-corrected chi connectivity index (χ0v) is 47.4. The molecule has 0 aromatic rings. The highest BCUT2D eigenvalue weighted by atomic mass is 16.7. The standard InChI is InChI=1S/C62H119NO10/c1-3-5-7-9-11-13-15-17-19-20-21-22-23-24-25-26-27-28-29-30-31-32-33-34-36-38-40-42-44-46-48-50-55(66)61(71)63-53(52-72-62-60(70)59(69)58(68)56(51-64)73-62)57(67)54(65)49-47-45-43-41-39-37-35-18-16-14-12-10-8-6-4-2/h24-25,41,43,53-60,62,64-70H,3-23,26-40,42,44-52H2,1-2H3,(H,63,71)/b25-24-,43-41+. The van der Waals surface area contributed by atoms with Crippen molar-refractivity contribution in [3.63, 3.8) is 0 Å². The van der Waals surface area contributed by atoms with Gasteiger partial charge in [0, 0.05) is 0 Å². The van der Waals surface area contributed by atoms with E-state index in [4.69, 9.17) is 9.47 Å². The summed E-state index contributed by atoms with van der Waals surface area (Å²) in [5.41, 5.74) is 0. The van der Waals surface area contributed by atoms with Gasteiger partial charge < -0.3 is 50.5 Å². The Morgan fingerprint density at radius 3 is 1.18 bits per heavy atom. The van der Waals surface area contributed by atoms with Crippen molar-refractivity contribution in [2.24, 2.45) is 0 Å². The van der Waals surface area contributed by atoms with Crippen LogP contribution in [-0.2, 0) is 14.3 Å². The molecule has 73 heavy (non-hydrogen) atoms. The molecule has 0 radical (unpaired) electrons. The van der Waals surface area contributed by atoms with Crippen LogP contribution in [0, 0.1) is 0 Å². The van der Waals surface area contributed by atoms with E-state index in [1.807, 2.05) is 0 Å². The van der Waals surface area contributed by atoms with E-state index in [1.165, 1.54) is 218 Å². The molecular formula is C62H119NO10. The van der Waals surface area contributed by atoms with Gasteiger partial charge in [-0.1, -0.05) is 256 Å². The summed E-state index contributed by atoms with van der Waals surface area (Å²) in [7, 11) is 0. The van der Waals surface area contributed by atoms with E-state index >= 15 is 0 Å². The van der Waals surface area contributed by atoms with E-state index in [0.29, 0.717) is 12.8 Å². The van der Waals surface area contributed by atoms with Crippen molar-refractivity contribution < 1.29 is 50.0 Å². The predicted molar refractivity (Wildman–Crippen MR) is 302 cm³/mol. The molecule has 11 nitrogen and oxygen atoms in total. The number of nitrogens with one attached hydrogen (secondary N) is 1. The molecule has 1 heterocycles. The number of aliphatic hydroxyl groups excluding tert-OH is 7. The van der Waals surface area contributed by atoms with Crippen LogP contribution in [0.15, 0.2) is 24.3 Å². The van der Waals surface area contributed by atoms with Crippen LogP contribution >= 0.6 is 0 Å². The lowest BCUT2D eigenvalue weighted by Gasteiger charge is -2.40. The molecule has 0 saturated carbocycles. The third-order valence-corrected chi connectivity index (χ3v) is 15.2.